The maximum atomic E-state index is 6.42. The van der Waals surface area contributed by atoms with Crippen molar-refractivity contribution in [2.45, 2.75) is 44.9 Å². The van der Waals surface area contributed by atoms with Gasteiger partial charge in [0.05, 0.1) is 18.2 Å². The van der Waals surface area contributed by atoms with Gasteiger partial charge in [0.25, 0.3) is 0 Å². The molecule has 0 radical (unpaired) electrons. The monoisotopic (exact) mass is 340 g/mol. The Morgan fingerprint density at radius 3 is 2.80 bits per heavy atom. The van der Waals surface area contributed by atoms with Gasteiger partial charge >= 0.3 is 0 Å². The van der Waals surface area contributed by atoms with Gasteiger partial charge in [-0.2, -0.15) is 0 Å². The molecule has 1 heterocycles. The largest absolute Gasteiger partial charge is 0.373 e. The lowest BCUT2D eigenvalue weighted by molar-refractivity contribution is -0.100. The Balaban J connectivity index is 2.28. The molecule has 1 aromatic rings. The van der Waals surface area contributed by atoms with Gasteiger partial charge in [-0.3, -0.25) is 4.90 Å². The lowest BCUT2D eigenvalue weighted by Gasteiger charge is -2.44. The summed E-state index contributed by atoms with van der Waals surface area (Å²) in [4.78, 5) is 2.47. The summed E-state index contributed by atoms with van der Waals surface area (Å²) in [7, 11) is 0. The molecule has 0 aliphatic carbocycles. The summed E-state index contributed by atoms with van der Waals surface area (Å²) in [6, 6.07) is 8.89. The third-order valence-corrected chi connectivity index (χ3v) is 4.41. The van der Waals surface area contributed by atoms with Crippen molar-refractivity contribution in [1.29, 1.82) is 0 Å². The number of halogens is 1. The molecular formula is C16H25BrN2O. The average Bonchev–Trinajstić information content (AvgIpc) is 2.38. The van der Waals surface area contributed by atoms with E-state index in [2.05, 4.69) is 65.9 Å². The summed E-state index contributed by atoms with van der Waals surface area (Å²) < 4.78 is 6.93. The fourth-order valence-electron chi connectivity index (χ4n) is 2.93. The van der Waals surface area contributed by atoms with Gasteiger partial charge in [-0.05, 0) is 38.0 Å². The Labute approximate surface area is 130 Å². The fraction of sp³-hybridized carbons (Fsp3) is 0.625. The minimum Gasteiger partial charge on any atom is -0.373 e. The van der Waals surface area contributed by atoms with Gasteiger partial charge in [-0.1, -0.05) is 35.0 Å². The zero-order chi connectivity index (χ0) is 14.8. The predicted octanol–water partition coefficient (Wildman–Crippen LogP) is 3.34. The van der Waals surface area contributed by atoms with E-state index >= 15 is 0 Å². The van der Waals surface area contributed by atoms with Gasteiger partial charge < -0.3 is 10.5 Å². The van der Waals surface area contributed by atoms with Gasteiger partial charge in [0.2, 0.25) is 0 Å². The van der Waals surface area contributed by atoms with Crippen LogP contribution in [0.3, 0.4) is 0 Å². The molecule has 1 aromatic carbocycles. The average molecular weight is 341 g/mol. The molecule has 0 spiro atoms. The minimum absolute atomic E-state index is 0.101. The minimum atomic E-state index is -0.101. The van der Waals surface area contributed by atoms with Crippen molar-refractivity contribution < 1.29 is 4.74 Å². The molecule has 3 nitrogen and oxygen atoms in total. The van der Waals surface area contributed by atoms with E-state index in [9.17, 15) is 0 Å². The van der Waals surface area contributed by atoms with Crippen molar-refractivity contribution in [2.24, 2.45) is 5.73 Å². The number of hydrogen-bond donors (Lipinski definition) is 1. The van der Waals surface area contributed by atoms with E-state index in [0.717, 1.165) is 30.6 Å². The second-order valence-corrected chi connectivity index (χ2v) is 7.07. The van der Waals surface area contributed by atoms with Crippen LogP contribution in [0.5, 0.6) is 0 Å². The number of benzene rings is 1. The first kappa shape index (κ1) is 16.0. The number of nitrogens with two attached hydrogens (primary N) is 1. The Hall–Kier alpha value is -0.420. The molecule has 0 bridgehead atoms. The Bertz CT molecular complexity index is 450. The number of ether oxygens (including phenoxy) is 1. The van der Waals surface area contributed by atoms with Crippen LogP contribution in [0, 0.1) is 0 Å². The molecule has 112 valence electrons. The molecule has 0 amide bonds. The highest BCUT2D eigenvalue weighted by molar-refractivity contribution is 9.10. The maximum Gasteiger partial charge on any atom is 0.0753 e. The molecular weight excluding hydrogens is 316 g/mol. The third-order valence-electron chi connectivity index (χ3n) is 3.92. The first-order valence-electron chi connectivity index (χ1n) is 7.32. The standard InChI is InChI=1S/C16H25BrN2O/c1-4-14(18)15(12-6-5-7-13(17)10-12)19-8-9-20-16(2,3)11-19/h5-7,10,14-15H,4,8-9,11,18H2,1-3H3. The van der Waals surface area contributed by atoms with Gasteiger partial charge in [0.15, 0.2) is 0 Å². The summed E-state index contributed by atoms with van der Waals surface area (Å²) in [6.07, 6.45) is 0.967. The molecule has 2 atom stereocenters. The normalized spacial score (nSPS) is 22.4. The molecule has 0 saturated carbocycles. The second kappa shape index (κ2) is 6.56. The number of rotatable bonds is 4. The summed E-state index contributed by atoms with van der Waals surface area (Å²) in [5.74, 6) is 0. The van der Waals surface area contributed by atoms with Crippen molar-refractivity contribution in [2.75, 3.05) is 19.7 Å². The molecule has 4 heteroatoms. The van der Waals surface area contributed by atoms with Gasteiger partial charge in [0, 0.05) is 23.6 Å². The number of morpholine rings is 1. The molecule has 1 aliphatic heterocycles. The molecule has 20 heavy (non-hydrogen) atoms. The van der Waals surface area contributed by atoms with Crippen molar-refractivity contribution >= 4 is 15.9 Å². The van der Waals surface area contributed by atoms with E-state index in [1.807, 2.05) is 0 Å². The van der Waals surface area contributed by atoms with E-state index in [-0.39, 0.29) is 17.7 Å². The lowest BCUT2D eigenvalue weighted by Crippen LogP contribution is -2.53. The Kier molecular flexibility index (Phi) is 5.24. The van der Waals surface area contributed by atoms with Crippen LogP contribution in [0.1, 0.15) is 38.8 Å². The fourth-order valence-corrected chi connectivity index (χ4v) is 3.35. The van der Waals surface area contributed by atoms with Crippen LogP contribution in [0.15, 0.2) is 28.7 Å². The molecule has 1 fully saturated rings. The highest BCUT2D eigenvalue weighted by atomic mass is 79.9. The maximum absolute atomic E-state index is 6.42. The quantitative estimate of drug-likeness (QED) is 0.913. The van der Waals surface area contributed by atoms with Crippen LogP contribution >= 0.6 is 15.9 Å². The molecule has 2 rings (SSSR count). The summed E-state index contributed by atoms with van der Waals surface area (Å²) >= 11 is 3.56. The van der Waals surface area contributed by atoms with E-state index in [1.165, 1.54) is 5.56 Å². The zero-order valence-electron chi connectivity index (χ0n) is 12.6. The van der Waals surface area contributed by atoms with Crippen LogP contribution in [-0.4, -0.2) is 36.2 Å². The topological polar surface area (TPSA) is 38.5 Å². The summed E-state index contributed by atoms with van der Waals surface area (Å²) in [6.45, 7) is 9.07. The highest BCUT2D eigenvalue weighted by Crippen LogP contribution is 2.31. The van der Waals surface area contributed by atoms with Crippen molar-refractivity contribution in [3.05, 3.63) is 34.3 Å². The van der Waals surface area contributed by atoms with Crippen LogP contribution in [0.4, 0.5) is 0 Å². The lowest BCUT2D eigenvalue weighted by atomic mass is 9.94. The molecule has 0 aromatic heterocycles. The Morgan fingerprint density at radius 1 is 1.45 bits per heavy atom. The first-order valence-corrected chi connectivity index (χ1v) is 8.11. The van der Waals surface area contributed by atoms with Crippen LogP contribution in [0.2, 0.25) is 0 Å². The number of hydrogen-bond acceptors (Lipinski definition) is 3. The summed E-state index contributed by atoms with van der Waals surface area (Å²) in [5, 5.41) is 0. The highest BCUT2D eigenvalue weighted by Gasteiger charge is 2.34. The molecule has 2 N–H and O–H groups in total. The third kappa shape index (κ3) is 3.82. The van der Waals surface area contributed by atoms with E-state index in [0.29, 0.717) is 0 Å². The van der Waals surface area contributed by atoms with Crippen LogP contribution in [-0.2, 0) is 4.74 Å². The van der Waals surface area contributed by atoms with E-state index < -0.39 is 0 Å². The van der Waals surface area contributed by atoms with Crippen LogP contribution < -0.4 is 5.73 Å². The Morgan fingerprint density at radius 2 is 2.20 bits per heavy atom. The van der Waals surface area contributed by atoms with Crippen molar-refractivity contribution in [3.8, 4) is 0 Å². The molecule has 2 unspecified atom stereocenters. The van der Waals surface area contributed by atoms with Gasteiger partial charge in [-0.25, -0.2) is 0 Å². The van der Waals surface area contributed by atoms with Gasteiger partial charge in [-0.15, -0.1) is 0 Å². The molecule has 1 saturated heterocycles. The predicted molar refractivity (Wildman–Crippen MR) is 86.8 cm³/mol. The van der Waals surface area contributed by atoms with Crippen LogP contribution in [0.25, 0.3) is 0 Å². The van der Waals surface area contributed by atoms with E-state index in [1.54, 1.807) is 0 Å². The number of nitrogens with zero attached hydrogens (tertiary/aromatic N) is 1. The van der Waals surface area contributed by atoms with Gasteiger partial charge in [0.1, 0.15) is 0 Å². The summed E-state index contributed by atoms with van der Waals surface area (Å²) in [5.41, 5.74) is 7.60. The van der Waals surface area contributed by atoms with Crippen molar-refractivity contribution in [3.63, 3.8) is 0 Å². The van der Waals surface area contributed by atoms with Crippen molar-refractivity contribution in [1.82, 2.24) is 4.90 Å². The molecule has 1 aliphatic rings. The smallest absolute Gasteiger partial charge is 0.0753 e. The second-order valence-electron chi connectivity index (χ2n) is 6.15. The SMILES string of the molecule is CCC(N)C(c1cccc(Br)c1)N1CCOC(C)(C)C1. The zero-order valence-corrected chi connectivity index (χ0v) is 14.2. The first-order chi connectivity index (χ1) is 9.43. The van der Waals surface area contributed by atoms with E-state index in [4.69, 9.17) is 10.5 Å².